The molecule has 1 heterocycles. The number of H-pyrrole nitrogens is 1. The Morgan fingerprint density at radius 3 is 2.59 bits per heavy atom. The third-order valence-corrected chi connectivity index (χ3v) is 4.27. The van der Waals surface area contributed by atoms with Crippen molar-refractivity contribution in [3.8, 4) is 0 Å². The molecule has 1 atom stereocenters. The normalized spacial score (nSPS) is 11.7. The first-order chi connectivity index (χ1) is 13.2. The predicted octanol–water partition coefficient (Wildman–Crippen LogP) is 3.14. The molecule has 0 unspecified atom stereocenters. The van der Waals surface area contributed by atoms with Crippen LogP contribution in [0.2, 0.25) is 0 Å². The van der Waals surface area contributed by atoms with Gasteiger partial charge in [0.2, 0.25) is 5.91 Å². The summed E-state index contributed by atoms with van der Waals surface area (Å²) in [5.41, 5.74) is 2.85. The third kappa shape index (κ3) is 4.88. The van der Waals surface area contributed by atoms with Crippen molar-refractivity contribution in [3.63, 3.8) is 0 Å². The molecule has 1 aromatic heterocycles. The van der Waals surface area contributed by atoms with Crippen molar-refractivity contribution in [1.29, 1.82) is 0 Å². The minimum Gasteiger partial charge on any atom is -0.445 e. The van der Waals surface area contributed by atoms with E-state index in [-0.39, 0.29) is 12.5 Å². The summed E-state index contributed by atoms with van der Waals surface area (Å²) >= 11 is 0. The Bertz CT molecular complexity index is 905. The molecule has 0 spiro atoms. The van der Waals surface area contributed by atoms with Gasteiger partial charge in [0.25, 0.3) is 0 Å². The molecule has 0 aliphatic heterocycles. The van der Waals surface area contributed by atoms with Gasteiger partial charge in [0, 0.05) is 30.1 Å². The van der Waals surface area contributed by atoms with E-state index in [0.29, 0.717) is 13.0 Å². The van der Waals surface area contributed by atoms with Crippen molar-refractivity contribution in [3.05, 3.63) is 71.9 Å². The van der Waals surface area contributed by atoms with Crippen LogP contribution < -0.4 is 10.6 Å². The standard InChI is InChI=1S/C21H23N3O3/c1-2-22-20(25)19(12-16-13-23-18-11-7-6-10-17(16)18)24-21(26)27-14-15-8-4-3-5-9-15/h3-11,13,19,23H,2,12,14H2,1H3,(H,22,25)(H,24,26)/t19-/m0/s1. The van der Waals surface area contributed by atoms with Crippen LogP contribution in [0.4, 0.5) is 4.79 Å². The molecule has 3 N–H and O–H groups in total. The SMILES string of the molecule is CCNC(=O)[C@H](Cc1c[nH]c2ccccc12)NC(=O)OCc1ccccc1. The lowest BCUT2D eigenvalue weighted by molar-refractivity contribution is -0.122. The fourth-order valence-corrected chi connectivity index (χ4v) is 2.93. The van der Waals surface area contributed by atoms with Gasteiger partial charge in [0.05, 0.1) is 0 Å². The summed E-state index contributed by atoms with van der Waals surface area (Å²) in [6, 6.07) is 16.6. The summed E-state index contributed by atoms with van der Waals surface area (Å²) in [4.78, 5) is 27.8. The number of nitrogens with one attached hydrogen (secondary N) is 3. The smallest absolute Gasteiger partial charge is 0.408 e. The summed E-state index contributed by atoms with van der Waals surface area (Å²) in [6.45, 7) is 2.49. The van der Waals surface area contributed by atoms with Gasteiger partial charge in [-0.15, -0.1) is 0 Å². The van der Waals surface area contributed by atoms with E-state index < -0.39 is 12.1 Å². The van der Waals surface area contributed by atoms with E-state index in [9.17, 15) is 9.59 Å². The molecule has 3 rings (SSSR count). The number of aromatic amines is 1. The van der Waals surface area contributed by atoms with Crippen LogP contribution in [-0.4, -0.2) is 29.6 Å². The summed E-state index contributed by atoms with van der Waals surface area (Å²) in [7, 11) is 0. The van der Waals surface area contributed by atoms with Crippen molar-refractivity contribution >= 4 is 22.9 Å². The van der Waals surface area contributed by atoms with Gasteiger partial charge in [0.1, 0.15) is 12.6 Å². The number of ether oxygens (including phenoxy) is 1. The second-order valence-corrected chi connectivity index (χ2v) is 6.22. The maximum absolute atomic E-state index is 12.4. The molecule has 0 aliphatic carbocycles. The molecule has 6 heteroatoms. The van der Waals surface area contributed by atoms with Crippen LogP contribution in [0.1, 0.15) is 18.1 Å². The summed E-state index contributed by atoms with van der Waals surface area (Å²) < 4.78 is 5.26. The summed E-state index contributed by atoms with van der Waals surface area (Å²) in [5.74, 6) is -0.237. The average molecular weight is 365 g/mol. The van der Waals surface area contributed by atoms with E-state index >= 15 is 0 Å². The third-order valence-electron chi connectivity index (χ3n) is 4.27. The van der Waals surface area contributed by atoms with Gasteiger partial charge >= 0.3 is 6.09 Å². The van der Waals surface area contributed by atoms with Crippen molar-refractivity contribution in [1.82, 2.24) is 15.6 Å². The molecule has 0 fully saturated rings. The molecule has 6 nitrogen and oxygen atoms in total. The van der Waals surface area contributed by atoms with Crippen molar-refractivity contribution in [2.24, 2.45) is 0 Å². The predicted molar refractivity (Wildman–Crippen MR) is 104 cm³/mol. The maximum atomic E-state index is 12.4. The molecular weight excluding hydrogens is 342 g/mol. The number of benzene rings is 2. The number of aromatic nitrogens is 1. The molecule has 2 amide bonds. The second kappa shape index (κ2) is 8.89. The molecule has 27 heavy (non-hydrogen) atoms. The minimum atomic E-state index is -0.715. The number of carbonyl (C=O) groups is 2. The number of para-hydroxylation sites is 1. The van der Waals surface area contributed by atoms with E-state index in [4.69, 9.17) is 4.74 Å². The number of hydrogen-bond donors (Lipinski definition) is 3. The van der Waals surface area contributed by atoms with Crippen LogP contribution in [0.15, 0.2) is 60.8 Å². The summed E-state index contributed by atoms with van der Waals surface area (Å²) in [6.07, 6.45) is 1.62. The highest BCUT2D eigenvalue weighted by molar-refractivity contribution is 5.88. The van der Waals surface area contributed by atoms with Gasteiger partial charge in [-0.1, -0.05) is 48.5 Å². The highest BCUT2D eigenvalue weighted by Crippen LogP contribution is 2.19. The van der Waals surface area contributed by atoms with Gasteiger partial charge in [0.15, 0.2) is 0 Å². The molecule has 0 aliphatic rings. The van der Waals surface area contributed by atoms with Crippen LogP contribution in [0.5, 0.6) is 0 Å². The molecule has 0 bridgehead atoms. The zero-order valence-corrected chi connectivity index (χ0v) is 15.2. The monoisotopic (exact) mass is 365 g/mol. The van der Waals surface area contributed by atoms with Crippen LogP contribution in [0.3, 0.4) is 0 Å². The van der Waals surface area contributed by atoms with E-state index in [1.165, 1.54) is 0 Å². The molecule has 0 radical (unpaired) electrons. The molecule has 3 aromatic rings. The lowest BCUT2D eigenvalue weighted by Crippen LogP contribution is -2.48. The number of alkyl carbamates (subject to hydrolysis) is 1. The Balaban J connectivity index is 1.67. The molecular formula is C21H23N3O3. The van der Waals surface area contributed by atoms with Crippen LogP contribution in [0.25, 0.3) is 10.9 Å². The number of rotatable bonds is 7. The van der Waals surface area contributed by atoms with Gasteiger partial charge in [-0.25, -0.2) is 4.79 Å². The highest BCUT2D eigenvalue weighted by Gasteiger charge is 2.22. The number of hydrogen-bond acceptors (Lipinski definition) is 3. The first-order valence-electron chi connectivity index (χ1n) is 8.97. The van der Waals surface area contributed by atoms with Crippen molar-refractivity contribution < 1.29 is 14.3 Å². The van der Waals surface area contributed by atoms with E-state index in [1.54, 1.807) is 0 Å². The Morgan fingerprint density at radius 2 is 1.81 bits per heavy atom. The van der Waals surface area contributed by atoms with Crippen molar-refractivity contribution in [2.75, 3.05) is 6.54 Å². The van der Waals surface area contributed by atoms with Gasteiger partial charge < -0.3 is 20.4 Å². The number of fused-ring (bicyclic) bond motifs is 1. The maximum Gasteiger partial charge on any atom is 0.408 e. The van der Waals surface area contributed by atoms with Gasteiger partial charge in [-0.05, 0) is 24.1 Å². The largest absolute Gasteiger partial charge is 0.445 e. The minimum absolute atomic E-state index is 0.155. The first-order valence-corrected chi connectivity index (χ1v) is 8.97. The Labute approximate surface area is 157 Å². The van der Waals surface area contributed by atoms with Crippen LogP contribution in [-0.2, 0) is 22.6 Å². The zero-order valence-electron chi connectivity index (χ0n) is 15.2. The zero-order chi connectivity index (χ0) is 19.1. The van der Waals surface area contributed by atoms with Crippen LogP contribution in [0, 0.1) is 0 Å². The topological polar surface area (TPSA) is 83.2 Å². The number of likely N-dealkylation sites (N-methyl/N-ethyl adjacent to an activating group) is 1. The molecule has 0 saturated carbocycles. The van der Waals surface area contributed by atoms with E-state index in [0.717, 1.165) is 22.0 Å². The second-order valence-electron chi connectivity index (χ2n) is 6.22. The highest BCUT2D eigenvalue weighted by atomic mass is 16.5. The van der Waals surface area contributed by atoms with Crippen molar-refractivity contribution in [2.45, 2.75) is 26.0 Å². The van der Waals surface area contributed by atoms with E-state index in [2.05, 4.69) is 15.6 Å². The van der Waals surface area contributed by atoms with E-state index in [1.807, 2.05) is 67.7 Å². The fraction of sp³-hybridized carbons (Fsp3) is 0.238. The Morgan fingerprint density at radius 1 is 1.07 bits per heavy atom. The molecule has 0 saturated heterocycles. The molecule has 2 aromatic carbocycles. The lowest BCUT2D eigenvalue weighted by atomic mass is 10.0. The Kier molecular flexibility index (Phi) is 6.10. The average Bonchev–Trinajstić information content (AvgIpc) is 3.10. The molecule has 140 valence electrons. The lowest BCUT2D eigenvalue weighted by Gasteiger charge is -2.18. The first kappa shape index (κ1) is 18.5. The Hall–Kier alpha value is -3.28. The quantitative estimate of drug-likeness (QED) is 0.601. The van der Waals surface area contributed by atoms with Crippen LogP contribution >= 0.6 is 0 Å². The fourth-order valence-electron chi connectivity index (χ4n) is 2.93. The van der Waals surface area contributed by atoms with Gasteiger partial charge in [-0.2, -0.15) is 0 Å². The summed E-state index contributed by atoms with van der Waals surface area (Å²) in [5, 5.41) is 6.49. The number of carbonyl (C=O) groups excluding carboxylic acids is 2. The van der Waals surface area contributed by atoms with Gasteiger partial charge in [-0.3, -0.25) is 4.79 Å². The number of amides is 2.